The van der Waals surface area contributed by atoms with E-state index in [0.717, 1.165) is 24.5 Å². The molecule has 0 amide bonds. The van der Waals surface area contributed by atoms with Crippen LogP contribution in [-0.2, 0) is 12.3 Å². The topological polar surface area (TPSA) is 57.8 Å². The molecule has 0 aliphatic carbocycles. The fourth-order valence-electron chi connectivity index (χ4n) is 1.90. The highest BCUT2D eigenvalue weighted by Crippen LogP contribution is 2.21. The Labute approximate surface area is 129 Å². The summed E-state index contributed by atoms with van der Waals surface area (Å²) >= 11 is 1.67. The van der Waals surface area contributed by atoms with Gasteiger partial charge in [0.05, 0.1) is 11.4 Å². The molecule has 0 aliphatic rings. The molecule has 0 spiro atoms. The highest BCUT2D eigenvalue weighted by molar-refractivity contribution is 7.98. The summed E-state index contributed by atoms with van der Waals surface area (Å²) < 4.78 is 0. The minimum atomic E-state index is -0.0854. The second kappa shape index (κ2) is 8.00. The lowest BCUT2D eigenvalue weighted by Gasteiger charge is -2.06. The molecule has 0 saturated carbocycles. The quantitative estimate of drug-likeness (QED) is 0.610. The number of nitrogens with one attached hydrogen (secondary N) is 2. The third-order valence-electron chi connectivity index (χ3n) is 2.97. The van der Waals surface area contributed by atoms with Crippen molar-refractivity contribution in [2.45, 2.75) is 37.5 Å². The molecule has 0 saturated heterocycles. The van der Waals surface area contributed by atoms with E-state index in [1.807, 2.05) is 0 Å². The van der Waals surface area contributed by atoms with Crippen LogP contribution in [0.25, 0.3) is 0 Å². The molecule has 2 N–H and O–H groups in total. The van der Waals surface area contributed by atoms with Crippen molar-refractivity contribution >= 4 is 11.8 Å². The molecule has 1 aromatic heterocycles. The normalized spacial score (nSPS) is 10.8. The Kier molecular flexibility index (Phi) is 6.02. The number of aryl methyl sites for hydroxylation is 1. The molecule has 0 aliphatic heterocycles. The Morgan fingerprint density at radius 1 is 1.29 bits per heavy atom. The van der Waals surface area contributed by atoms with Crippen LogP contribution in [0, 0.1) is 6.92 Å². The molecular weight excluding hydrogens is 282 g/mol. The van der Waals surface area contributed by atoms with E-state index in [0.29, 0.717) is 12.3 Å². The van der Waals surface area contributed by atoms with Crippen LogP contribution >= 0.6 is 11.8 Å². The number of hydrogen-bond acceptors (Lipinski definition) is 4. The van der Waals surface area contributed by atoms with Crippen LogP contribution in [0.3, 0.4) is 0 Å². The molecule has 0 bridgehead atoms. The number of aromatic amines is 1. The third-order valence-corrected chi connectivity index (χ3v) is 4.00. The van der Waals surface area contributed by atoms with E-state index in [9.17, 15) is 4.79 Å². The molecule has 21 heavy (non-hydrogen) atoms. The summed E-state index contributed by atoms with van der Waals surface area (Å²) in [7, 11) is 0. The Balaban J connectivity index is 1.99. The average molecular weight is 303 g/mol. The van der Waals surface area contributed by atoms with Crippen LogP contribution in [0.1, 0.15) is 30.4 Å². The zero-order chi connectivity index (χ0) is 15.1. The van der Waals surface area contributed by atoms with E-state index in [1.54, 1.807) is 17.8 Å². The van der Waals surface area contributed by atoms with Crippen LogP contribution in [-0.4, -0.2) is 16.5 Å². The Morgan fingerprint density at radius 2 is 2.05 bits per heavy atom. The van der Waals surface area contributed by atoms with Crippen LogP contribution < -0.4 is 10.9 Å². The number of thioether (sulfide) groups is 1. The van der Waals surface area contributed by atoms with Gasteiger partial charge in [0, 0.05) is 17.5 Å². The lowest BCUT2D eigenvalue weighted by molar-refractivity contribution is 0.659. The van der Waals surface area contributed by atoms with Crippen LogP contribution in [0.4, 0.5) is 0 Å². The first kappa shape index (κ1) is 15.8. The maximum atomic E-state index is 11.7. The summed E-state index contributed by atoms with van der Waals surface area (Å²) in [4.78, 5) is 20.1. The molecule has 5 heteroatoms. The highest BCUT2D eigenvalue weighted by atomic mass is 32.2. The van der Waals surface area contributed by atoms with Crippen molar-refractivity contribution < 1.29 is 0 Å². The van der Waals surface area contributed by atoms with Crippen molar-refractivity contribution in [3.8, 4) is 0 Å². The van der Waals surface area contributed by atoms with Gasteiger partial charge >= 0.3 is 0 Å². The average Bonchev–Trinajstić information content (AvgIpc) is 2.46. The molecule has 1 aromatic carbocycles. The van der Waals surface area contributed by atoms with Gasteiger partial charge in [-0.05, 0) is 32.0 Å². The Hall–Kier alpha value is -1.59. The second-order valence-corrected chi connectivity index (χ2v) is 6.01. The van der Waals surface area contributed by atoms with Crippen LogP contribution in [0.15, 0.2) is 40.0 Å². The van der Waals surface area contributed by atoms with E-state index in [4.69, 9.17) is 0 Å². The smallest absolute Gasteiger partial charge is 0.251 e. The lowest BCUT2D eigenvalue weighted by atomic mass is 10.2. The standard InChI is InChI=1S/C16H21N3OS/c1-3-8-17-10-13-9-16(20)19-15(18-13)11-21-14-6-4-12(2)5-7-14/h4-7,9,17H,3,8,10-11H2,1-2H3,(H,18,19,20). The molecular formula is C16H21N3OS. The van der Waals surface area contributed by atoms with Gasteiger partial charge in [-0.1, -0.05) is 24.6 Å². The van der Waals surface area contributed by atoms with Crippen molar-refractivity contribution in [1.82, 2.24) is 15.3 Å². The molecule has 0 atom stereocenters. The predicted octanol–water partition coefficient (Wildman–Crippen LogP) is 2.87. The van der Waals surface area contributed by atoms with E-state index >= 15 is 0 Å². The second-order valence-electron chi connectivity index (χ2n) is 4.96. The van der Waals surface area contributed by atoms with Gasteiger partial charge in [-0.25, -0.2) is 4.98 Å². The maximum absolute atomic E-state index is 11.7. The predicted molar refractivity (Wildman–Crippen MR) is 87.6 cm³/mol. The molecule has 0 unspecified atom stereocenters. The van der Waals surface area contributed by atoms with Crippen molar-refractivity contribution in [3.63, 3.8) is 0 Å². The SMILES string of the molecule is CCCNCc1cc(=O)[nH]c(CSc2ccc(C)cc2)n1. The molecule has 112 valence electrons. The van der Waals surface area contributed by atoms with E-state index in [-0.39, 0.29) is 5.56 Å². The zero-order valence-electron chi connectivity index (χ0n) is 12.5. The number of aromatic nitrogens is 2. The molecule has 2 rings (SSSR count). The minimum absolute atomic E-state index is 0.0854. The van der Waals surface area contributed by atoms with Gasteiger partial charge in [0.25, 0.3) is 5.56 Å². The third kappa shape index (κ3) is 5.36. The number of benzene rings is 1. The Morgan fingerprint density at radius 3 is 2.76 bits per heavy atom. The van der Waals surface area contributed by atoms with Gasteiger partial charge in [-0.15, -0.1) is 11.8 Å². The van der Waals surface area contributed by atoms with Crippen molar-refractivity contribution in [1.29, 1.82) is 0 Å². The van der Waals surface area contributed by atoms with Gasteiger partial charge in [-0.2, -0.15) is 0 Å². The Bertz CT molecular complexity index is 622. The summed E-state index contributed by atoms with van der Waals surface area (Å²) in [5, 5.41) is 3.26. The molecule has 0 fully saturated rings. The largest absolute Gasteiger partial charge is 0.311 e. The summed E-state index contributed by atoms with van der Waals surface area (Å²) in [6, 6.07) is 9.91. The molecule has 1 heterocycles. The van der Waals surface area contributed by atoms with Gasteiger partial charge in [0.2, 0.25) is 0 Å². The van der Waals surface area contributed by atoms with Crippen molar-refractivity contribution in [2.24, 2.45) is 0 Å². The first-order chi connectivity index (χ1) is 10.2. The number of rotatable bonds is 7. The summed E-state index contributed by atoms with van der Waals surface area (Å²) in [5.74, 6) is 1.39. The lowest BCUT2D eigenvalue weighted by Crippen LogP contribution is -2.19. The number of hydrogen-bond donors (Lipinski definition) is 2. The molecule has 0 radical (unpaired) electrons. The van der Waals surface area contributed by atoms with Gasteiger partial charge < -0.3 is 10.3 Å². The molecule has 2 aromatic rings. The first-order valence-corrected chi connectivity index (χ1v) is 8.15. The van der Waals surface area contributed by atoms with E-state index in [1.165, 1.54) is 10.5 Å². The van der Waals surface area contributed by atoms with Gasteiger partial charge in [-0.3, -0.25) is 4.79 Å². The first-order valence-electron chi connectivity index (χ1n) is 7.16. The summed E-state index contributed by atoms with van der Waals surface area (Å²) in [6.07, 6.45) is 1.07. The van der Waals surface area contributed by atoms with Crippen LogP contribution in [0.5, 0.6) is 0 Å². The zero-order valence-corrected chi connectivity index (χ0v) is 13.3. The maximum Gasteiger partial charge on any atom is 0.251 e. The summed E-state index contributed by atoms with van der Waals surface area (Å²) in [6.45, 7) is 5.75. The summed E-state index contributed by atoms with van der Waals surface area (Å²) in [5.41, 5.74) is 1.96. The van der Waals surface area contributed by atoms with Gasteiger partial charge in [0.1, 0.15) is 5.82 Å². The number of H-pyrrole nitrogens is 1. The highest BCUT2D eigenvalue weighted by Gasteiger charge is 2.03. The fraction of sp³-hybridized carbons (Fsp3) is 0.375. The number of nitrogens with zero attached hydrogens (tertiary/aromatic N) is 1. The van der Waals surface area contributed by atoms with E-state index < -0.39 is 0 Å². The van der Waals surface area contributed by atoms with E-state index in [2.05, 4.69) is 53.4 Å². The molecule has 4 nitrogen and oxygen atoms in total. The van der Waals surface area contributed by atoms with Crippen LogP contribution in [0.2, 0.25) is 0 Å². The minimum Gasteiger partial charge on any atom is -0.311 e. The fourth-order valence-corrected chi connectivity index (χ4v) is 2.67. The van der Waals surface area contributed by atoms with Crippen molar-refractivity contribution in [3.05, 3.63) is 57.8 Å². The monoisotopic (exact) mass is 303 g/mol. The van der Waals surface area contributed by atoms with Crippen molar-refractivity contribution in [2.75, 3.05) is 6.54 Å². The van der Waals surface area contributed by atoms with Gasteiger partial charge in [0.15, 0.2) is 0 Å².